The smallest absolute Gasteiger partial charge is 0.233 e. The van der Waals surface area contributed by atoms with Gasteiger partial charge in [-0.1, -0.05) is 42.3 Å². The van der Waals surface area contributed by atoms with E-state index in [1.807, 2.05) is 17.0 Å². The van der Waals surface area contributed by atoms with Crippen LogP contribution in [-0.2, 0) is 16.1 Å². The van der Waals surface area contributed by atoms with Crippen LogP contribution in [0.1, 0.15) is 37.7 Å². The van der Waals surface area contributed by atoms with E-state index in [0.29, 0.717) is 55.4 Å². The van der Waals surface area contributed by atoms with Gasteiger partial charge in [-0.25, -0.2) is 9.97 Å². The topological polar surface area (TPSA) is 106 Å². The SMILES string of the molecule is N#CCCN(Cc1cccnc1)C(=O)CSc1nc(Cl)cc(N2CCN(C(=O)C3CCCC3)CC2)n1. The molecule has 4 rings (SSSR count). The van der Waals surface area contributed by atoms with E-state index in [0.717, 1.165) is 31.2 Å². The molecular weight excluding hydrogens is 498 g/mol. The third kappa shape index (κ3) is 7.08. The first kappa shape index (κ1) is 26.2. The van der Waals surface area contributed by atoms with Crippen molar-refractivity contribution in [2.24, 2.45) is 5.92 Å². The van der Waals surface area contributed by atoms with E-state index < -0.39 is 0 Å². The summed E-state index contributed by atoms with van der Waals surface area (Å²) in [5, 5.41) is 9.73. The van der Waals surface area contributed by atoms with E-state index in [-0.39, 0.29) is 29.9 Å². The van der Waals surface area contributed by atoms with E-state index >= 15 is 0 Å². The van der Waals surface area contributed by atoms with Crippen LogP contribution in [0.25, 0.3) is 0 Å². The summed E-state index contributed by atoms with van der Waals surface area (Å²) in [7, 11) is 0. The average molecular weight is 528 g/mol. The van der Waals surface area contributed by atoms with Crippen LogP contribution in [0.3, 0.4) is 0 Å². The molecule has 2 aromatic rings. The Balaban J connectivity index is 1.34. The molecule has 190 valence electrons. The van der Waals surface area contributed by atoms with Gasteiger partial charge >= 0.3 is 0 Å². The molecule has 2 aliphatic rings. The summed E-state index contributed by atoms with van der Waals surface area (Å²) in [6.45, 7) is 3.43. The molecule has 1 aliphatic carbocycles. The number of pyridine rings is 1. The highest BCUT2D eigenvalue weighted by atomic mass is 35.5. The van der Waals surface area contributed by atoms with Crippen molar-refractivity contribution in [3.8, 4) is 6.07 Å². The lowest BCUT2D eigenvalue weighted by Gasteiger charge is -2.36. The number of anilines is 1. The Morgan fingerprint density at radius 2 is 1.97 bits per heavy atom. The van der Waals surface area contributed by atoms with Gasteiger partial charge in [0, 0.05) is 63.6 Å². The van der Waals surface area contributed by atoms with Crippen LogP contribution in [0.4, 0.5) is 5.82 Å². The molecule has 2 fully saturated rings. The fourth-order valence-electron chi connectivity index (χ4n) is 4.61. The Labute approximate surface area is 220 Å². The van der Waals surface area contributed by atoms with Crippen LogP contribution < -0.4 is 4.90 Å². The predicted molar refractivity (Wildman–Crippen MR) is 138 cm³/mol. The minimum atomic E-state index is -0.108. The lowest BCUT2D eigenvalue weighted by molar-refractivity contribution is -0.135. The molecule has 1 saturated heterocycles. The third-order valence-corrected chi connectivity index (χ3v) is 7.57. The second-order valence-corrected chi connectivity index (χ2v) is 10.3. The fraction of sp³-hybridized carbons (Fsp3) is 0.520. The molecule has 0 unspecified atom stereocenters. The highest BCUT2D eigenvalue weighted by molar-refractivity contribution is 7.99. The Bertz CT molecular complexity index is 1080. The highest BCUT2D eigenvalue weighted by Gasteiger charge is 2.30. The van der Waals surface area contributed by atoms with Gasteiger partial charge in [0.2, 0.25) is 11.8 Å². The quantitative estimate of drug-likeness (QED) is 0.277. The molecule has 0 atom stereocenters. The van der Waals surface area contributed by atoms with Crippen LogP contribution in [-0.4, -0.2) is 75.0 Å². The lowest BCUT2D eigenvalue weighted by atomic mass is 10.1. The van der Waals surface area contributed by atoms with Gasteiger partial charge in [0.05, 0.1) is 18.2 Å². The molecule has 2 amide bonds. The Hall–Kier alpha value is -2.90. The number of hydrogen-bond donors (Lipinski definition) is 0. The summed E-state index contributed by atoms with van der Waals surface area (Å²) in [5.74, 6) is 1.21. The van der Waals surface area contributed by atoms with E-state index in [2.05, 4.69) is 25.9 Å². The largest absolute Gasteiger partial charge is 0.353 e. The summed E-state index contributed by atoms with van der Waals surface area (Å²) in [5.41, 5.74) is 0.903. The Morgan fingerprint density at radius 1 is 1.19 bits per heavy atom. The number of amides is 2. The minimum Gasteiger partial charge on any atom is -0.353 e. The molecule has 0 radical (unpaired) electrons. The molecule has 9 nitrogen and oxygen atoms in total. The summed E-state index contributed by atoms with van der Waals surface area (Å²) in [4.78, 5) is 44.5. The summed E-state index contributed by atoms with van der Waals surface area (Å²) < 4.78 is 0. The summed E-state index contributed by atoms with van der Waals surface area (Å²) >= 11 is 7.52. The number of nitriles is 1. The van der Waals surface area contributed by atoms with E-state index in [1.54, 1.807) is 23.4 Å². The molecule has 2 aromatic heterocycles. The second-order valence-electron chi connectivity index (χ2n) is 9.00. The number of halogens is 1. The molecule has 1 saturated carbocycles. The van der Waals surface area contributed by atoms with Gasteiger partial charge in [-0.15, -0.1) is 0 Å². The van der Waals surface area contributed by atoms with Crippen molar-refractivity contribution in [3.05, 3.63) is 41.3 Å². The van der Waals surface area contributed by atoms with Crippen molar-refractivity contribution >= 4 is 41.0 Å². The van der Waals surface area contributed by atoms with Crippen molar-refractivity contribution in [1.82, 2.24) is 24.8 Å². The summed E-state index contributed by atoms with van der Waals surface area (Å²) in [6.07, 6.45) is 7.97. The molecular formula is C25H30ClN7O2S. The van der Waals surface area contributed by atoms with Crippen molar-refractivity contribution < 1.29 is 9.59 Å². The van der Waals surface area contributed by atoms with E-state index in [9.17, 15) is 9.59 Å². The Morgan fingerprint density at radius 3 is 2.67 bits per heavy atom. The Kier molecular flexibility index (Phi) is 9.36. The normalized spacial score (nSPS) is 16.1. The number of piperazine rings is 1. The number of carbonyl (C=O) groups excluding carboxylic acids is 2. The van der Waals surface area contributed by atoms with Gasteiger partial charge in [0.25, 0.3) is 0 Å². The zero-order valence-electron chi connectivity index (χ0n) is 20.2. The van der Waals surface area contributed by atoms with Gasteiger partial charge in [0.1, 0.15) is 11.0 Å². The standard InChI is InChI=1S/C25H30ClN7O2S/c26-21-15-22(31-11-13-32(14-12-31)24(35)20-6-1-2-7-20)30-25(29-21)36-18-23(34)33(10-4-8-27)17-19-5-3-9-28-16-19/h3,5,9,15-16,20H,1-2,4,6-7,10-14,17-18H2. The van der Waals surface area contributed by atoms with Crippen molar-refractivity contribution in [1.29, 1.82) is 5.26 Å². The van der Waals surface area contributed by atoms with Crippen LogP contribution >= 0.6 is 23.4 Å². The molecule has 11 heteroatoms. The monoisotopic (exact) mass is 527 g/mol. The molecule has 0 bridgehead atoms. The molecule has 0 N–H and O–H groups in total. The van der Waals surface area contributed by atoms with Crippen molar-refractivity contribution in [2.45, 2.75) is 43.8 Å². The van der Waals surface area contributed by atoms with Gasteiger partial charge in [-0.3, -0.25) is 14.6 Å². The molecule has 0 aromatic carbocycles. The number of aromatic nitrogens is 3. The molecule has 36 heavy (non-hydrogen) atoms. The van der Waals surface area contributed by atoms with Crippen LogP contribution in [0.15, 0.2) is 35.7 Å². The number of hydrogen-bond acceptors (Lipinski definition) is 8. The van der Waals surface area contributed by atoms with Gasteiger partial charge < -0.3 is 14.7 Å². The maximum absolute atomic E-state index is 12.9. The number of nitrogens with zero attached hydrogens (tertiary/aromatic N) is 7. The van der Waals surface area contributed by atoms with E-state index in [1.165, 1.54) is 11.8 Å². The zero-order chi connectivity index (χ0) is 25.3. The van der Waals surface area contributed by atoms with Gasteiger partial charge in [-0.2, -0.15) is 5.26 Å². The van der Waals surface area contributed by atoms with Crippen LogP contribution in [0.5, 0.6) is 0 Å². The number of carbonyl (C=O) groups is 2. The van der Waals surface area contributed by atoms with Gasteiger partial charge in [0.15, 0.2) is 5.16 Å². The second kappa shape index (κ2) is 12.9. The van der Waals surface area contributed by atoms with Crippen molar-refractivity contribution in [2.75, 3.05) is 43.4 Å². The summed E-state index contributed by atoms with van der Waals surface area (Å²) in [6, 6.07) is 7.55. The highest BCUT2D eigenvalue weighted by Crippen LogP contribution is 2.28. The third-order valence-electron chi connectivity index (χ3n) is 6.55. The van der Waals surface area contributed by atoms with Crippen LogP contribution in [0, 0.1) is 17.2 Å². The number of thioether (sulfide) groups is 1. The minimum absolute atomic E-state index is 0.108. The van der Waals surface area contributed by atoms with Crippen LogP contribution in [0.2, 0.25) is 5.15 Å². The molecule has 1 aliphatic heterocycles. The molecule has 3 heterocycles. The van der Waals surface area contributed by atoms with E-state index in [4.69, 9.17) is 16.9 Å². The zero-order valence-corrected chi connectivity index (χ0v) is 21.8. The average Bonchev–Trinajstić information content (AvgIpc) is 3.45. The first-order valence-electron chi connectivity index (χ1n) is 12.3. The first-order valence-corrected chi connectivity index (χ1v) is 13.6. The maximum Gasteiger partial charge on any atom is 0.233 e. The lowest BCUT2D eigenvalue weighted by Crippen LogP contribution is -2.50. The predicted octanol–water partition coefficient (Wildman–Crippen LogP) is 3.40. The first-order chi connectivity index (χ1) is 17.5. The fourth-order valence-corrected chi connectivity index (χ4v) is 5.59. The van der Waals surface area contributed by atoms with Crippen molar-refractivity contribution in [3.63, 3.8) is 0 Å². The number of rotatable bonds is 9. The molecule has 0 spiro atoms. The maximum atomic E-state index is 12.9. The van der Waals surface area contributed by atoms with Gasteiger partial charge in [-0.05, 0) is 24.5 Å².